The molecular formula is C24H23ClN2O5. The number of amides is 2. The molecule has 1 heterocycles. The predicted molar refractivity (Wildman–Crippen MR) is 123 cm³/mol. The van der Waals surface area contributed by atoms with Crippen molar-refractivity contribution in [2.75, 3.05) is 16.8 Å². The van der Waals surface area contributed by atoms with Crippen LogP contribution < -0.4 is 10.2 Å². The summed E-state index contributed by atoms with van der Waals surface area (Å²) in [5.74, 6) is -1.86. The lowest BCUT2D eigenvalue weighted by atomic mass is 10.0. The molecule has 7 nitrogen and oxygen atoms in total. The highest BCUT2D eigenvalue weighted by Gasteiger charge is 2.19. The van der Waals surface area contributed by atoms with Crippen LogP contribution in [0.1, 0.15) is 35.7 Å². The molecular weight excluding hydrogens is 432 g/mol. The Morgan fingerprint density at radius 2 is 1.84 bits per heavy atom. The molecule has 0 aliphatic carbocycles. The average Bonchev–Trinajstić information content (AvgIpc) is 3.30. The number of carboxylic acid groups (broad SMARTS) is 1. The van der Waals surface area contributed by atoms with Gasteiger partial charge in [-0.3, -0.25) is 9.59 Å². The van der Waals surface area contributed by atoms with Gasteiger partial charge in [0.2, 0.25) is 11.8 Å². The predicted octanol–water partition coefficient (Wildman–Crippen LogP) is 5.38. The van der Waals surface area contributed by atoms with Crippen LogP contribution in [0, 0.1) is 6.92 Å². The van der Waals surface area contributed by atoms with E-state index in [1.165, 1.54) is 18.2 Å². The molecule has 0 saturated carbocycles. The summed E-state index contributed by atoms with van der Waals surface area (Å²) < 4.78 is 5.15. The van der Waals surface area contributed by atoms with E-state index < -0.39 is 11.9 Å². The second kappa shape index (κ2) is 10.2. The van der Waals surface area contributed by atoms with Gasteiger partial charge in [0.25, 0.3) is 0 Å². The van der Waals surface area contributed by atoms with Crippen molar-refractivity contribution in [3.63, 3.8) is 0 Å². The number of nitrogens with zero attached hydrogens (tertiary/aromatic N) is 1. The highest BCUT2D eigenvalue weighted by Crippen LogP contribution is 2.29. The molecule has 8 heteroatoms. The molecule has 3 rings (SSSR count). The van der Waals surface area contributed by atoms with Crippen molar-refractivity contribution in [3.05, 3.63) is 71.1 Å². The van der Waals surface area contributed by atoms with E-state index in [0.717, 1.165) is 22.4 Å². The van der Waals surface area contributed by atoms with Gasteiger partial charge in [-0.1, -0.05) is 23.7 Å². The number of carboxylic acids is 1. The summed E-state index contributed by atoms with van der Waals surface area (Å²) in [6.45, 7) is 4.23. The summed E-state index contributed by atoms with van der Waals surface area (Å²) in [6, 6.07) is 11.8. The van der Waals surface area contributed by atoms with Crippen molar-refractivity contribution in [2.45, 2.75) is 26.7 Å². The van der Waals surface area contributed by atoms with Gasteiger partial charge in [0.15, 0.2) is 0 Å². The van der Waals surface area contributed by atoms with Gasteiger partial charge in [-0.05, 0) is 55.3 Å². The zero-order chi connectivity index (χ0) is 23.3. The van der Waals surface area contributed by atoms with Crippen molar-refractivity contribution < 1.29 is 23.9 Å². The van der Waals surface area contributed by atoms with Gasteiger partial charge in [-0.25, -0.2) is 4.79 Å². The molecule has 0 bridgehead atoms. The quantitative estimate of drug-likeness (QED) is 0.476. The van der Waals surface area contributed by atoms with E-state index in [-0.39, 0.29) is 35.0 Å². The molecule has 0 fully saturated rings. The molecule has 0 radical (unpaired) electrons. The first-order valence-electron chi connectivity index (χ1n) is 10.1. The Bertz CT molecular complexity index is 1140. The molecule has 0 aliphatic heterocycles. The third-order valence-electron chi connectivity index (χ3n) is 5.02. The summed E-state index contributed by atoms with van der Waals surface area (Å²) in [7, 11) is 0. The summed E-state index contributed by atoms with van der Waals surface area (Å²) in [4.78, 5) is 38.3. The zero-order valence-electron chi connectivity index (χ0n) is 17.7. The van der Waals surface area contributed by atoms with Crippen LogP contribution in [0.25, 0.3) is 11.1 Å². The molecule has 1 aromatic heterocycles. The molecule has 2 aromatic carbocycles. The van der Waals surface area contributed by atoms with Crippen LogP contribution in [0.4, 0.5) is 11.4 Å². The van der Waals surface area contributed by atoms with Crippen LogP contribution >= 0.6 is 11.6 Å². The number of carbonyl (C=O) groups excluding carboxylic acids is 2. The molecule has 32 heavy (non-hydrogen) atoms. The van der Waals surface area contributed by atoms with E-state index in [1.54, 1.807) is 17.4 Å². The third-order valence-corrected chi connectivity index (χ3v) is 5.26. The van der Waals surface area contributed by atoms with Gasteiger partial charge in [0, 0.05) is 35.7 Å². The molecule has 166 valence electrons. The maximum Gasteiger partial charge on any atom is 0.337 e. The number of halogens is 1. The Hall–Kier alpha value is -3.58. The maximum absolute atomic E-state index is 12.9. The van der Waals surface area contributed by atoms with Crippen LogP contribution in [0.2, 0.25) is 5.02 Å². The number of aromatic carboxylic acids is 1. The summed E-state index contributed by atoms with van der Waals surface area (Å²) in [6.07, 6.45) is 3.12. The fraction of sp³-hybridized carbons (Fsp3) is 0.208. The van der Waals surface area contributed by atoms with Crippen molar-refractivity contribution in [1.29, 1.82) is 0 Å². The minimum absolute atomic E-state index is 0.0228. The Labute approximate surface area is 190 Å². The van der Waals surface area contributed by atoms with Crippen molar-refractivity contribution >= 4 is 40.8 Å². The number of rotatable bonds is 8. The number of aryl methyl sites for hydroxylation is 1. The molecule has 0 aliphatic rings. The first-order chi connectivity index (χ1) is 15.3. The highest BCUT2D eigenvalue weighted by atomic mass is 35.5. The third kappa shape index (κ3) is 5.36. The number of nitrogens with one attached hydrogen (secondary N) is 1. The number of hydrogen-bond donors (Lipinski definition) is 2. The standard InChI is InChI=1S/C24H23ClN2O5/c1-3-27(21-12-16(5-4-15(21)2)17-10-11-32-14-17)23(29)9-8-22(28)26-20-7-6-18(25)13-19(20)24(30)31/h4-7,10-14H,3,8-9H2,1-2H3,(H,26,28)(H,30,31). The molecule has 0 saturated heterocycles. The monoisotopic (exact) mass is 454 g/mol. The largest absolute Gasteiger partial charge is 0.478 e. The molecule has 3 aromatic rings. The van der Waals surface area contributed by atoms with Crippen LogP contribution in [0.15, 0.2) is 59.4 Å². The van der Waals surface area contributed by atoms with Crippen molar-refractivity contribution in [1.82, 2.24) is 0 Å². The second-order valence-corrected chi connectivity index (χ2v) is 7.63. The minimum atomic E-state index is -1.20. The lowest BCUT2D eigenvalue weighted by Gasteiger charge is -2.23. The molecule has 0 spiro atoms. The van der Waals surface area contributed by atoms with Crippen LogP contribution in [-0.2, 0) is 9.59 Å². The fourth-order valence-electron chi connectivity index (χ4n) is 3.36. The van der Waals surface area contributed by atoms with E-state index in [0.29, 0.717) is 6.54 Å². The molecule has 0 atom stereocenters. The van der Waals surface area contributed by atoms with E-state index in [9.17, 15) is 19.5 Å². The number of benzene rings is 2. The normalized spacial score (nSPS) is 10.6. The maximum atomic E-state index is 12.9. The molecule has 0 unspecified atom stereocenters. The highest BCUT2D eigenvalue weighted by molar-refractivity contribution is 6.31. The average molecular weight is 455 g/mol. The molecule has 2 amide bonds. The summed E-state index contributed by atoms with van der Waals surface area (Å²) in [5.41, 5.74) is 3.56. The van der Waals surface area contributed by atoms with Gasteiger partial charge >= 0.3 is 5.97 Å². The van der Waals surface area contributed by atoms with Crippen molar-refractivity contribution in [2.24, 2.45) is 0 Å². The number of carbonyl (C=O) groups is 3. The van der Waals surface area contributed by atoms with Gasteiger partial charge < -0.3 is 19.7 Å². The van der Waals surface area contributed by atoms with E-state index in [2.05, 4.69) is 5.32 Å². The SMILES string of the molecule is CCN(C(=O)CCC(=O)Nc1ccc(Cl)cc1C(=O)O)c1cc(-c2ccoc2)ccc1C. The van der Waals surface area contributed by atoms with Gasteiger partial charge in [-0.2, -0.15) is 0 Å². The Balaban J connectivity index is 1.69. The Morgan fingerprint density at radius 3 is 2.50 bits per heavy atom. The second-order valence-electron chi connectivity index (χ2n) is 7.19. The lowest BCUT2D eigenvalue weighted by molar-refractivity contribution is -0.122. The smallest absolute Gasteiger partial charge is 0.337 e. The number of furan rings is 1. The minimum Gasteiger partial charge on any atom is -0.478 e. The summed E-state index contributed by atoms with van der Waals surface area (Å²) >= 11 is 5.83. The Kier molecular flexibility index (Phi) is 7.33. The van der Waals surface area contributed by atoms with E-state index in [4.69, 9.17) is 16.0 Å². The number of anilines is 2. The van der Waals surface area contributed by atoms with E-state index in [1.807, 2.05) is 38.1 Å². The van der Waals surface area contributed by atoms with E-state index >= 15 is 0 Å². The van der Waals surface area contributed by atoms with Crippen LogP contribution in [0.5, 0.6) is 0 Å². The van der Waals surface area contributed by atoms with Gasteiger partial charge in [0.05, 0.1) is 23.8 Å². The zero-order valence-corrected chi connectivity index (χ0v) is 18.5. The lowest BCUT2D eigenvalue weighted by Crippen LogP contribution is -2.32. The number of hydrogen-bond acceptors (Lipinski definition) is 4. The first kappa shape index (κ1) is 23.1. The van der Waals surface area contributed by atoms with Gasteiger partial charge in [0.1, 0.15) is 0 Å². The Morgan fingerprint density at radius 1 is 1.06 bits per heavy atom. The van der Waals surface area contributed by atoms with Crippen LogP contribution in [-0.4, -0.2) is 29.4 Å². The van der Waals surface area contributed by atoms with Crippen LogP contribution in [0.3, 0.4) is 0 Å². The van der Waals surface area contributed by atoms with Gasteiger partial charge in [-0.15, -0.1) is 0 Å². The van der Waals surface area contributed by atoms with Crippen molar-refractivity contribution in [3.8, 4) is 11.1 Å². The topological polar surface area (TPSA) is 99.9 Å². The summed E-state index contributed by atoms with van der Waals surface area (Å²) in [5, 5.41) is 12.1. The first-order valence-corrected chi connectivity index (χ1v) is 10.4. The fourth-order valence-corrected chi connectivity index (χ4v) is 3.53. The molecule has 2 N–H and O–H groups in total.